The molecule has 0 aliphatic heterocycles. The van der Waals surface area contributed by atoms with E-state index in [-0.39, 0.29) is 4.83 Å². The second kappa shape index (κ2) is 3.36. The lowest BCUT2D eigenvalue weighted by Crippen LogP contribution is -2.12. The van der Waals surface area contributed by atoms with Crippen molar-refractivity contribution >= 4 is 31.1 Å². The molecule has 0 heterocycles. The molecule has 60 valence electrons. The van der Waals surface area contributed by atoms with Crippen molar-refractivity contribution in [3.8, 4) is 0 Å². The van der Waals surface area contributed by atoms with Crippen molar-refractivity contribution in [3.05, 3.63) is 23.8 Å². The van der Waals surface area contributed by atoms with Crippen molar-refractivity contribution in [3.63, 3.8) is 0 Å². The zero-order valence-corrected chi connectivity index (χ0v) is 8.31. The third-order valence-electron chi connectivity index (χ3n) is 1.36. The van der Waals surface area contributed by atoms with Gasteiger partial charge in [-0.05, 0) is 13.0 Å². The van der Waals surface area contributed by atoms with Crippen LogP contribution in [0.25, 0.3) is 0 Å². The summed E-state index contributed by atoms with van der Waals surface area (Å²) in [6.45, 7) is 1.86. The van der Waals surface area contributed by atoms with Gasteiger partial charge in [0.1, 0.15) is 0 Å². The molecule has 4 heteroatoms. The van der Waals surface area contributed by atoms with E-state index in [2.05, 4.69) is 15.9 Å². The molecule has 0 spiro atoms. The van der Waals surface area contributed by atoms with Crippen LogP contribution in [0.5, 0.6) is 0 Å². The van der Waals surface area contributed by atoms with E-state index in [0.717, 1.165) is 5.57 Å². The van der Waals surface area contributed by atoms with Crippen molar-refractivity contribution in [2.75, 3.05) is 0 Å². The largest absolute Gasteiger partial charge is 0.218 e. The number of alkyl halides is 1. The first-order chi connectivity index (χ1) is 5.11. The van der Waals surface area contributed by atoms with Crippen LogP contribution in [-0.4, -0.2) is 18.1 Å². The summed E-state index contributed by atoms with van der Waals surface area (Å²) in [7, 11) is -2.11. The average molecular weight is 235 g/mol. The van der Waals surface area contributed by atoms with E-state index in [1.54, 1.807) is 12.2 Å². The predicted molar refractivity (Wildman–Crippen MR) is 49.5 cm³/mol. The fourth-order valence-corrected chi connectivity index (χ4v) is 2.11. The molecule has 0 fully saturated rings. The lowest BCUT2D eigenvalue weighted by atomic mass is 10.1. The maximum Gasteiger partial charge on any atom is 0.218 e. The Kier molecular flexibility index (Phi) is 2.67. The monoisotopic (exact) mass is 234 g/mol. The van der Waals surface area contributed by atoms with Gasteiger partial charge in [0.15, 0.2) is 0 Å². The van der Waals surface area contributed by atoms with Gasteiger partial charge >= 0.3 is 0 Å². The number of hydrogen-bond acceptors (Lipinski definition) is 2. The minimum Gasteiger partial charge on any atom is -0.184 e. The van der Waals surface area contributed by atoms with Gasteiger partial charge in [-0.2, -0.15) is 8.42 Å². The van der Waals surface area contributed by atoms with Crippen LogP contribution >= 0.6 is 15.9 Å². The summed E-state index contributed by atoms with van der Waals surface area (Å²) in [4.78, 5) is 0.231. The third-order valence-corrected chi connectivity index (χ3v) is 3.22. The molecule has 1 atom stereocenters. The second-order valence-electron chi connectivity index (χ2n) is 2.29. The zero-order chi connectivity index (χ0) is 8.43. The van der Waals surface area contributed by atoms with Crippen LogP contribution in [0, 0.1) is 0 Å². The molecule has 0 aromatic rings. The first kappa shape index (κ1) is 8.74. The Hall–Kier alpha value is -0.350. The van der Waals surface area contributed by atoms with E-state index >= 15 is 0 Å². The van der Waals surface area contributed by atoms with Crippen molar-refractivity contribution < 1.29 is 8.42 Å². The molecule has 0 saturated carbocycles. The van der Waals surface area contributed by atoms with Gasteiger partial charge in [-0.1, -0.05) is 33.7 Å². The highest BCUT2D eigenvalue weighted by atomic mass is 79.9. The van der Waals surface area contributed by atoms with Gasteiger partial charge in [0.05, 0.1) is 9.69 Å². The van der Waals surface area contributed by atoms with E-state index < -0.39 is 10.3 Å². The predicted octanol–water partition coefficient (Wildman–Crippen LogP) is 1.32. The van der Waals surface area contributed by atoms with Gasteiger partial charge in [0.2, 0.25) is 10.3 Å². The van der Waals surface area contributed by atoms with Crippen molar-refractivity contribution in [1.29, 1.82) is 0 Å². The van der Waals surface area contributed by atoms with Gasteiger partial charge in [0.25, 0.3) is 0 Å². The summed E-state index contributed by atoms with van der Waals surface area (Å²) in [6, 6.07) is 0. The molecule has 1 rings (SSSR count). The highest BCUT2D eigenvalue weighted by Gasteiger charge is 2.11. The van der Waals surface area contributed by atoms with Gasteiger partial charge < -0.3 is 0 Å². The second-order valence-corrected chi connectivity index (χ2v) is 4.21. The minimum absolute atomic E-state index is 0.162. The summed E-state index contributed by atoms with van der Waals surface area (Å²) in [6.07, 6.45) is 5.35. The molecule has 1 aliphatic rings. The topological polar surface area (TPSA) is 34.1 Å². The highest BCUT2D eigenvalue weighted by Crippen LogP contribution is 2.13. The van der Waals surface area contributed by atoms with Gasteiger partial charge in [-0.15, -0.1) is 0 Å². The standard InChI is InChI=1S/C7H7BrO2S/c1-5-2-3-6(8)7(4-5)11(9)10/h2-4,6H,1H3. The number of rotatable bonds is 0. The maximum atomic E-state index is 10.6. The zero-order valence-electron chi connectivity index (χ0n) is 5.91. The fourth-order valence-electron chi connectivity index (χ4n) is 0.823. The SMILES string of the molecule is CC1=CC(=S(=O)=O)C(Br)C=C1. The number of allylic oxidation sites excluding steroid dienone is 4. The first-order valence-corrected chi connectivity index (χ1v) is 5.07. The average Bonchev–Trinajstić information content (AvgIpc) is 1.94. The molecule has 0 N–H and O–H groups in total. The Labute approximate surface area is 75.3 Å². The Morgan fingerprint density at radius 3 is 2.64 bits per heavy atom. The summed E-state index contributed by atoms with van der Waals surface area (Å²) in [5.41, 5.74) is 0.958. The maximum absolute atomic E-state index is 10.6. The molecule has 0 aromatic carbocycles. The molecule has 1 aliphatic carbocycles. The van der Waals surface area contributed by atoms with Gasteiger partial charge in [-0.3, -0.25) is 0 Å². The summed E-state index contributed by atoms with van der Waals surface area (Å²) < 4.78 is 21.1. The quantitative estimate of drug-likeness (QED) is 0.468. The van der Waals surface area contributed by atoms with E-state index in [1.807, 2.05) is 13.0 Å². The van der Waals surface area contributed by atoms with Gasteiger partial charge in [0, 0.05) is 0 Å². The molecule has 0 bridgehead atoms. The van der Waals surface area contributed by atoms with Crippen molar-refractivity contribution in [1.82, 2.24) is 0 Å². The summed E-state index contributed by atoms with van der Waals surface area (Å²) in [5, 5.41) is 0. The molecule has 0 amide bonds. The van der Waals surface area contributed by atoms with Crippen LogP contribution in [0.3, 0.4) is 0 Å². The Morgan fingerprint density at radius 2 is 2.18 bits per heavy atom. The van der Waals surface area contributed by atoms with E-state index in [4.69, 9.17) is 0 Å². The Bertz CT molecular complexity index is 341. The molecular weight excluding hydrogens is 228 g/mol. The number of halogens is 1. The minimum atomic E-state index is -2.11. The molecular formula is C7H7BrO2S. The van der Waals surface area contributed by atoms with E-state index in [0.29, 0.717) is 4.86 Å². The Balaban J connectivity index is 3.21. The molecule has 11 heavy (non-hydrogen) atoms. The molecule has 0 aromatic heterocycles. The fraction of sp³-hybridized carbons (Fsp3) is 0.286. The lowest BCUT2D eigenvalue weighted by Gasteiger charge is -2.06. The first-order valence-electron chi connectivity index (χ1n) is 3.08. The lowest BCUT2D eigenvalue weighted by molar-refractivity contribution is 0.627. The highest BCUT2D eigenvalue weighted by molar-refractivity contribution is 9.10. The summed E-state index contributed by atoms with van der Waals surface area (Å²) >= 11 is 3.22. The van der Waals surface area contributed by atoms with Crippen LogP contribution in [0.15, 0.2) is 23.8 Å². The van der Waals surface area contributed by atoms with Crippen LogP contribution in [-0.2, 0) is 10.3 Å². The van der Waals surface area contributed by atoms with E-state index in [1.165, 1.54) is 0 Å². The molecule has 0 saturated heterocycles. The van der Waals surface area contributed by atoms with Crippen LogP contribution < -0.4 is 0 Å². The molecule has 1 unspecified atom stereocenters. The Morgan fingerprint density at radius 1 is 1.55 bits per heavy atom. The summed E-state index contributed by atoms with van der Waals surface area (Å²) in [5.74, 6) is 0. The number of hydrogen-bond donors (Lipinski definition) is 0. The van der Waals surface area contributed by atoms with Crippen LogP contribution in [0.1, 0.15) is 6.92 Å². The van der Waals surface area contributed by atoms with Gasteiger partial charge in [-0.25, -0.2) is 0 Å². The molecule has 2 nitrogen and oxygen atoms in total. The van der Waals surface area contributed by atoms with Crippen LogP contribution in [0.4, 0.5) is 0 Å². The van der Waals surface area contributed by atoms with Crippen molar-refractivity contribution in [2.24, 2.45) is 0 Å². The smallest absolute Gasteiger partial charge is 0.184 e. The normalized spacial score (nSPS) is 23.3. The molecule has 0 radical (unpaired) electrons. The van der Waals surface area contributed by atoms with E-state index in [9.17, 15) is 8.42 Å². The third kappa shape index (κ3) is 2.04. The van der Waals surface area contributed by atoms with Crippen molar-refractivity contribution in [2.45, 2.75) is 11.8 Å². The van der Waals surface area contributed by atoms with Crippen LogP contribution in [0.2, 0.25) is 0 Å².